The number of rotatable bonds is 7. The van der Waals surface area contributed by atoms with Crippen LogP contribution in [0.2, 0.25) is 5.02 Å². The lowest BCUT2D eigenvalue weighted by molar-refractivity contribution is -0.143. The monoisotopic (exact) mass is 620 g/mol. The predicted octanol–water partition coefficient (Wildman–Crippen LogP) is 5.20. The first-order valence-electron chi connectivity index (χ1n) is 13.4. The number of fused-ring (bicyclic) bond motifs is 1. The highest BCUT2D eigenvalue weighted by molar-refractivity contribution is 7.07. The molecule has 0 aliphatic carbocycles. The minimum atomic E-state index is -0.888. The van der Waals surface area contributed by atoms with Crippen molar-refractivity contribution in [1.29, 1.82) is 0 Å². The van der Waals surface area contributed by atoms with E-state index in [9.17, 15) is 14.4 Å². The average Bonchev–Trinajstić information content (AvgIpc) is 3.55. The Morgan fingerprint density at radius 3 is 2.51 bits per heavy atom. The zero-order valence-corrected chi connectivity index (χ0v) is 26.0. The second-order valence-electron chi connectivity index (χ2n) is 10.1. The maximum atomic E-state index is 14.0. The lowest BCUT2D eigenvalue weighted by atomic mass is 9.95. The van der Waals surface area contributed by atoms with Gasteiger partial charge in [0.1, 0.15) is 23.3 Å². The fourth-order valence-corrected chi connectivity index (χ4v) is 6.17. The molecule has 0 spiro atoms. The number of carbonyl (C=O) groups excluding carboxylic acids is 2. The van der Waals surface area contributed by atoms with Crippen molar-refractivity contribution in [2.75, 3.05) is 14.2 Å². The number of benzene rings is 2. The first kappa shape index (κ1) is 30.1. The highest BCUT2D eigenvalue weighted by atomic mass is 35.5. The maximum absolute atomic E-state index is 14.0. The molecule has 1 atom stereocenters. The summed E-state index contributed by atoms with van der Waals surface area (Å²) < 4.78 is 23.9. The summed E-state index contributed by atoms with van der Waals surface area (Å²) in [5, 5.41) is 0.419. The number of hydrogen-bond donors (Lipinski definition) is 0. The Morgan fingerprint density at radius 2 is 1.84 bits per heavy atom. The molecule has 3 heterocycles. The molecular formula is C32H29ClN2O7S. The van der Waals surface area contributed by atoms with Crippen LogP contribution in [-0.2, 0) is 14.3 Å². The molecule has 0 bridgehead atoms. The molecule has 0 radical (unpaired) electrons. The molecule has 5 rings (SSSR count). The van der Waals surface area contributed by atoms with Gasteiger partial charge in [0.2, 0.25) is 0 Å². The van der Waals surface area contributed by atoms with Gasteiger partial charge in [0.25, 0.3) is 5.56 Å². The molecule has 11 heteroatoms. The van der Waals surface area contributed by atoms with Gasteiger partial charge >= 0.3 is 11.9 Å². The third kappa shape index (κ3) is 5.80. The van der Waals surface area contributed by atoms with Crippen LogP contribution in [0.3, 0.4) is 0 Å². The molecule has 0 saturated heterocycles. The molecule has 2 aromatic carbocycles. The molecule has 0 unspecified atom stereocenters. The van der Waals surface area contributed by atoms with E-state index in [2.05, 4.69) is 4.99 Å². The Bertz CT molecular complexity index is 1970. The van der Waals surface area contributed by atoms with Crippen molar-refractivity contribution in [2.45, 2.75) is 39.8 Å². The molecular weight excluding hydrogens is 592 g/mol. The summed E-state index contributed by atoms with van der Waals surface area (Å²) in [7, 11) is 2.85. The van der Waals surface area contributed by atoms with Crippen LogP contribution in [0.5, 0.6) is 5.75 Å². The molecule has 43 heavy (non-hydrogen) atoms. The Labute approximate surface area is 256 Å². The minimum Gasteiger partial charge on any atom is -0.496 e. The summed E-state index contributed by atoms with van der Waals surface area (Å²) in [5.74, 6) is 0.474. The lowest BCUT2D eigenvalue weighted by Crippen LogP contribution is -2.40. The van der Waals surface area contributed by atoms with Crippen molar-refractivity contribution in [3.63, 3.8) is 0 Å². The van der Waals surface area contributed by atoms with Gasteiger partial charge < -0.3 is 18.6 Å². The number of ether oxygens (including phenoxy) is 3. The zero-order chi connectivity index (χ0) is 31.0. The molecule has 222 valence electrons. The lowest BCUT2D eigenvalue weighted by Gasteiger charge is -2.26. The van der Waals surface area contributed by atoms with E-state index in [4.69, 9.17) is 30.2 Å². The largest absolute Gasteiger partial charge is 0.496 e. The number of allylic oxidation sites excluding steroid dienone is 1. The summed E-state index contributed by atoms with van der Waals surface area (Å²) in [4.78, 5) is 44.3. The molecule has 9 nitrogen and oxygen atoms in total. The predicted molar refractivity (Wildman–Crippen MR) is 163 cm³/mol. The number of halogens is 1. The first-order chi connectivity index (χ1) is 20.5. The van der Waals surface area contributed by atoms with Gasteiger partial charge in [-0.15, -0.1) is 0 Å². The van der Waals surface area contributed by atoms with Crippen LogP contribution in [0.1, 0.15) is 54.1 Å². The van der Waals surface area contributed by atoms with Gasteiger partial charge in [0.15, 0.2) is 4.80 Å². The zero-order valence-electron chi connectivity index (χ0n) is 24.4. The van der Waals surface area contributed by atoms with Gasteiger partial charge in [-0.1, -0.05) is 29.0 Å². The molecule has 0 amide bonds. The molecule has 4 aromatic rings. The second kappa shape index (κ2) is 12.1. The van der Waals surface area contributed by atoms with E-state index in [1.54, 1.807) is 75.4 Å². The quantitative estimate of drug-likeness (QED) is 0.261. The topological polar surface area (TPSA) is 109 Å². The fraction of sp³-hybridized carbons (Fsp3) is 0.250. The van der Waals surface area contributed by atoms with Gasteiger partial charge in [-0.3, -0.25) is 9.36 Å². The van der Waals surface area contributed by atoms with Gasteiger partial charge in [0.05, 0.1) is 41.7 Å². The van der Waals surface area contributed by atoms with E-state index in [0.29, 0.717) is 48.5 Å². The number of nitrogens with zero attached hydrogens (tertiary/aromatic N) is 2. The summed E-state index contributed by atoms with van der Waals surface area (Å²) in [6, 6.07) is 12.9. The van der Waals surface area contributed by atoms with Gasteiger partial charge in [-0.2, -0.15) is 0 Å². The molecule has 0 N–H and O–H groups in total. The van der Waals surface area contributed by atoms with Crippen LogP contribution in [0, 0.1) is 6.92 Å². The second-order valence-corrected chi connectivity index (χ2v) is 11.6. The van der Waals surface area contributed by atoms with Crippen molar-refractivity contribution >= 4 is 41.0 Å². The van der Waals surface area contributed by atoms with Crippen molar-refractivity contribution in [1.82, 2.24) is 4.57 Å². The molecule has 0 fully saturated rings. The van der Waals surface area contributed by atoms with Crippen LogP contribution in [-0.4, -0.2) is 36.8 Å². The van der Waals surface area contributed by atoms with Crippen molar-refractivity contribution in [3.05, 3.63) is 107 Å². The van der Waals surface area contributed by atoms with E-state index in [1.807, 2.05) is 6.92 Å². The molecule has 1 aliphatic heterocycles. The third-order valence-electron chi connectivity index (χ3n) is 6.88. The summed E-state index contributed by atoms with van der Waals surface area (Å²) in [6.45, 7) is 7.09. The highest BCUT2D eigenvalue weighted by Gasteiger charge is 2.35. The van der Waals surface area contributed by atoms with E-state index in [-0.39, 0.29) is 17.2 Å². The van der Waals surface area contributed by atoms with Crippen LogP contribution in [0.15, 0.2) is 74.0 Å². The molecule has 1 aliphatic rings. The van der Waals surface area contributed by atoms with E-state index in [1.165, 1.54) is 30.1 Å². The number of furan rings is 1. The van der Waals surface area contributed by atoms with E-state index >= 15 is 0 Å². The van der Waals surface area contributed by atoms with Gasteiger partial charge in [0, 0.05) is 22.2 Å². The third-order valence-corrected chi connectivity index (χ3v) is 8.10. The first-order valence-corrected chi connectivity index (χ1v) is 14.6. The van der Waals surface area contributed by atoms with E-state index < -0.39 is 18.0 Å². The summed E-state index contributed by atoms with van der Waals surface area (Å²) in [6.07, 6.45) is 1.26. The van der Waals surface area contributed by atoms with Crippen molar-refractivity contribution in [2.24, 2.45) is 4.99 Å². The number of carbonyl (C=O) groups is 2. The smallest absolute Gasteiger partial charge is 0.338 e. The number of aromatic nitrogens is 1. The van der Waals surface area contributed by atoms with Crippen LogP contribution in [0.4, 0.5) is 0 Å². The van der Waals surface area contributed by atoms with Gasteiger partial charge in [-0.05, 0) is 75.7 Å². The number of aryl methyl sites for hydroxylation is 1. The number of methoxy groups -OCH3 is 2. The number of thiazole rings is 1. The Balaban J connectivity index is 1.63. The average molecular weight is 621 g/mol. The Kier molecular flexibility index (Phi) is 8.43. The van der Waals surface area contributed by atoms with E-state index in [0.717, 1.165) is 11.1 Å². The number of esters is 2. The van der Waals surface area contributed by atoms with Crippen molar-refractivity contribution < 1.29 is 28.2 Å². The standard InChI is InChI=1S/C32H29ClN2O7S/c1-16(2)41-31(38)27-18(4)34-32-35(28(27)23-14-20(33)8-11-24(23)39-5)29(36)26(43-32)15-21-9-12-25(42-21)22-10-7-19(13-17(22)3)30(37)40-6/h7-16,28H,1-6H3/b26-15-/t28-/m0/s1. The minimum absolute atomic E-state index is 0.222. The van der Waals surface area contributed by atoms with Crippen LogP contribution < -0.4 is 19.6 Å². The van der Waals surface area contributed by atoms with Crippen molar-refractivity contribution in [3.8, 4) is 17.1 Å². The van der Waals surface area contributed by atoms with Gasteiger partial charge in [-0.25, -0.2) is 14.6 Å². The molecule has 2 aromatic heterocycles. The van der Waals surface area contributed by atoms with Crippen LogP contribution >= 0.6 is 22.9 Å². The number of hydrogen-bond acceptors (Lipinski definition) is 9. The van der Waals surface area contributed by atoms with Crippen LogP contribution in [0.25, 0.3) is 17.4 Å². The normalized spacial score (nSPS) is 14.9. The molecule has 0 saturated carbocycles. The fourth-order valence-electron chi connectivity index (χ4n) is 4.96. The Morgan fingerprint density at radius 1 is 1.07 bits per heavy atom. The highest BCUT2D eigenvalue weighted by Crippen LogP contribution is 2.37. The summed E-state index contributed by atoms with van der Waals surface area (Å²) >= 11 is 7.56. The SMILES string of the molecule is COC(=O)c1ccc(-c2ccc(/C=c3\sc4n(c3=O)[C@@H](c3cc(Cl)ccc3OC)C(C(=O)OC(C)C)=C(C)N=4)o2)c(C)c1. The summed E-state index contributed by atoms with van der Waals surface area (Å²) in [5.41, 5.74) is 2.87. The maximum Gasteiger partial charge on any atom is 0.338 e. The Hall–Kier alpha value is -4.41.